The maximum Gasteiger partial charge on any atom is 0.316 e. The number of nitrogens with two attached hydrogens (primary N) is 1. The smallest absolute Gasteiger partial charge is 0.316 e. The van der Waals surface area contributed by atoms with Crippen LogP contribution >= 0.6 is 0 Å². The largest absolute Gasteiger partial charge is 0.351 e. The van der Waals surface area contributed by atoms with Crippen molar-refractivity contribution in [1.29, 1.82) is 0 Å². The highest BCUT2D eigenvalue weighted by Gasteiger charge is 2.25. The summed E-state index contributed by atoms with van der Waals surface area (Å²) in [6.45, 7) is 1.14. The van der Waals surface area contributed by atoms with Crippen molar-refractivity contribution in [3.63, 3.8) is 0 Å². The van der Waals surface area contributed by atoms with Crippen LogP contribution in [0, 0.1) is 0 Å². The minimum Gasteiger partial charge on any atom is -0.351 e. The molecule has 2 aromatic rings. The average molecular weight is 431 g/mol. The van der Waals surface area contributed by atoms with E-state index < -0.39 is 16.1 Å². The van der Waals surface area contributed by atoms with Crippen LogP contribution < -0.4 is 16.4 Å². The number of nitrogens with one attached hydrogen (secondary N) is 2. The second-order valence-electron chi connectivity index (χ2n) is 7.23. The fourth-order valence-electron chi connectivity index (χ4n) is 3.38. The minimum absolute atomic E-state index is 0.184. The zero-order valence-electron chi connectivity index (χ0n) is 16.6. The van der Waals surface area contributed by atoms with Crippen molar-refractivity contribution >= 4 is 33.3 Å². The van der Waals surface area contributed by atoms with Gasteiger partial charge in [0.15, 0.2) is 0 Å². The lowest BCUT2D eigenvalue weighted by molar-refractivity contribution is -0.116. The summed E-state index contributed by atoms with van der Waals surface area (Å²) in [7, 11) is -3.45. The third-order valence-corrected chi connectivity index (χ3v) is 6.84. The molecule has 0 aliphatic carbocycles. The Morgan fingerprint density at radius 2 is 1.57 bits per heavy atom. The van der Waals surface area contributed by atoms with Gasteiger partial charge in [-0.1, -0.05) is 24.6 Å². The third kappa shape index (κ3) is 5.80. The monoisotopic (exact) mass is 430 g/mol. The van der Waals surface area contributed by atoms with Gasteiger partial charge in [-0.25, -0.2) is 13.2 Å². The summed E-state index contributed by atoms with van der Waals surface area (Å²) < 4.78 is 26.9. The molecule has 1 fully saturated rings. The second kappa shape index (κ2) is 9.73. The van der Waals surface area contributed by atoms with Gasteiger partial charge in [0, 0.05) is 30.9 Å². The van der Waals surface area contributed by atoms with Gasteiger partial charge >= 0.3 is 6.03 Å². The van der Waals surface area contributed by atoms with Crippen LogP contribution in [0.25, 0.3) is 0 Å². The molecule has 0 bridgehead atoms. The highest BCUT2D eigenvalue weighted by atomic mass is 32.2. The van der Waals surface area contributed by atoms with Gasteiger partial charge in [0.05, 0.1) is 4.90 Å². The van der Waals surface area contributed by atoms with Gasteiger partial charge in [-0.3, -0.25) is 4.79 Å². The number of piperidine rings is 1. The van der Waals surface area contributed by atoms with Crippen LogP contribution in [-0.4, -0.2) is 37.8 Å². The number of nitrogens with zero attached hydrogens (tertiary/aromatic N) is 1. The molecule has 0 unspecified atom stereocenters. The molecule has 0 radical (unpaired) electrons. The zero-order valence-corrected chi connectivity index (χ0v) is 17.5. The number of rotatable bonds is 7. The van der Waals surface area contributed by atoms with Crippen LogP contribution in [-0.2, 0) is 21.2 Å². The van der Waals surface area contributed by atoms with Crippen molar-refractivity contribution in [3.05, 3.63) is 54.1 Å². The summed E-state index contributed by atoms with van der Waals surface area (Å²) in [5.74, 6) is -0.184. The molecule has 3 amide bonds. The summed E-state index contributed by atoms with van der Waals surface area (Å²) in [4.78, 5) is 23.4. The molecule has 160 valence electrons. The molecule has 0 saturated carbocycles. The normalized spacial score (nSPS) is 14.8. The Balaban J connectivity index is 1.55. The second-order valence-corrected chi connectivity index (χ2v) is 9.16. The Kier molecular flexibility index (Phi) is 7.07. The van der Waals surface area contributed by atoms with Gasteiger partial charge in [-0.05, 0) is 55.2 Å². The molecule has 0 spiro atoms. The van der Waals surface area contributed by atoms with Crippen molar-refractivity contribution < 1.29 is 18.0 Å². The molecule has 9 heteroatoms. The van der Waals surface area contributed by atoms with Crippen LogP contribution in [0.1, 0.15) is 31.2 Å². The molecule has 2 aromatic carbocycles. The topological polar surface area (TPSA) is 122 Å². The predicted octanol–water partition coefficient (Wildman–Crippen LogP) is 2.92. The number of sulfonamides is 1. The minimum atomic E-state index is -3.45. The molecule has 1 aliphatic rings. The van der Waals surface area contributed by atoms with Gasteiger partial charge in [0.2, 0.25) is 15.9 Å². The highest BCUT2D eigenvalue weighted by Crippen LogP contribution is 2.21. The molecule has 0 aromatic heterocycles. The fourth-order valence-corrected chi connectivity index (χ4v) is 4.90. The molecule has 1 saturated heterocycles. The van der Waals surface area contributed by atoms with E-state index in [0.29, 0.717) is 30.9 Å². The number of aryl methyl sites for hydroxylation is 1. The predicted molar refractivity (Wildman–Crippen MR) is 116 cm³/mol. The Morgan fingerprint density at radius 1 is 0.933 bits per heavy atom. The zero-order chi connectivity index (χ0) is 21.6. The fraction of sp³-hybridized carbons (Fsp3) is 0.333. The first kappa shape index (κ1) is 21.8. The third-order valence-electron chi connectivity index (χ3n) is 4.93. The Labute approximate surface area is 176 Å². The molecule has 1 heterocycles. The number of benzene rings is 2. The lowest BCUT2D eigenvalue weighted by Gasteiger charge is -2.25. The first-order valence-electron chi connectivity index (χ1n) is 9.90. The molecule has 0 atom stereocenters. The number of carbonyl (C=O) groups is 2. The molecule has 4 N–H and O–H groups in total. The molecule has 30 heavy (non-hydrogen) atoms. The lowest BCUT2D eigenvalue weighted by Crippen LogP contribution is -2.35. The highest BCUT2D eigenvalue weighted by molar-refractivity contribution is 7.89. The van der Waals surface area contributed by atoms with E-state index in [1.165, 1.54) is 0 Å². The number of anilines is 2. The number of primary amides is 1. The lowest BCUT2D eigenvalue weighted by atomic mass is 10.1. The molecular weight excluding hydrogens is 404 g/mol. The van der Waals surface area contributed by atoms with Crippen LogP contribution in [0.4, 0.5) is 16.2 Å². The van der Waals surface area contributed by atoms with Crippen molar-refractivity contribution in [2.24, 2.45) is 5.73 Å². The maximum absolute atomic E-state index is 12.7. The van der Waals surface area contributed by atoms with Crippen molar-refractivity contribution in [1.82, 2.24) is 4.31 Å². The average Bonchev–Trinajstić information content (AvgIpc) is 2.73. The summed E-state index contributed by atoms with van der Waals surface area (Å²) in [5, 5.41) is 5.22. The van der Waals surface area contributed by atoms with E-state index in [1.807, 2.05) is 0 Å². The Hall–Kier alpha value is -2.91. The van der Waals surface area contributed by atoms with Gasteiger partial charge < -0.3 is 16.4 Å². The number of urea groups is 1. The summed E-state index contributed by atoms with van der Waals surface area (Å²) in [6.07, 6.45) is 3.58. The van der Waals surface area contributed by atoms with E-state index in [9.17, 15) is 18.0 Å². The number of amides is 3. The first-order chi connectivity index (χ1) is 14.3. The van der Waals surface area contributed by atoms with E-state index >= 15 is 0 Å². The Morgan fingerprint density at radius 3 is 2.20 bits per heavy atom. The van der Waals surface area contributed by atoms with Gasteiger partial charge in [-0.2, -0.15) is 4.31 Å². The van der Waals surface area contributed by atoms with Crippen molar-refractivity contribution in [2.75, 3.05) is 23.7 Å². The maximum atomic E-state index is 12.7. The number of hydrogen-bond acceptors (Lipinski definition) is 4. The van der Waals surface area contributed by atoms with Gasteiger partial charge in [0.1, 0.15) is 0 Å². The molecule has 8 nitrogen and oxygen atoms in total. The van der Waals surface area contributed by atoms with Crippen molar-refractivity contribution in [2.45, 2.75) is 37.0 Å². The number of hydrogen-bond donors (Lipinski definition) is 3. The standard InChI is InChI=1S/C21H26N4O4S/c22-21(27)24-18-6-4-5-17(15-18)23-20(26)12-9-16-7-10-19(11-8-16)30(28,29)25-13-2-1-3-14-25/h4-8,10-11,15H,1-3,9,12-14H2,(H,23,26)(H3,22,24,27). The van der Waals surface area contributed by atoms with E-state index in [4.69, 9.17) is 5.73 Å². The van der Waals surface area contributed by atoms with Crippen molar-refractivity contribution in [3.8, 4) is 0 Å². The molecule has 1 aliphatic heterocycles. The SMILES string of the molecule is NC(=O)Nc1cccc(NC(=O)CCc2ccc(S(=O)(=O)N3CCCCC3)cc2)c1. The van der Waals surface area contributed by atoms with E-state index in [0.717, 1.165) is 24.8 Å². The van der Waals surface area contributed by atoms with Crippen LogP contribution in [0.3, 0.4) is 0 Å². The quantitative estimate of drug-likeness (QED) is 0.625. The summed E-state index contributed by atoms with van der Waals surface area (Å²) in [5.41, 5.74) is 7.01. The number of carbonyl (C=O) groups excluding carboxylic acids is 2. The Bertz CT molecular complexity index is 1000. The van der Waals surface area contributed by atoms with E-state index in [-0.39, 0.29) is 17.2 Å². The van der Waals surface area contributed by atoms with E-state index in [1.54, 1.807) is 52.8 Å². The van der Waals surface area contributed by atoms with Crippen LogP contribution in [0.15, 0.2) is 53.4 Å². The van der Waals surface area contributed by atoms with E-state index in [2.05, 4.69) is 10.6 Å². The summed E-state index contributed by atoms with van der Waals surface area (Å²) >= 11 is 0. The van der Waals surface area contributed by atoms with Crippen LogP contribution in [0.2, 0.25) is 0 Å². The van der Waals surface area contributed by atoms with Crippen LogP contribution in [0.5, 0.6) is 0 Å². The molecule has 3 rings (SSSR count). The summed E-state index contributed by atoms with van der Waals surface area (Å²) in [6, 6.07) is 12.7. The van der Waals surface area contributed by atoms with Gasteiger partial charge in [0.25, 0.3) is 0 Å². The van der Waals surface area contributed by atoms with Gasteiger partial charge in [-0.15, -0.1) is 0 Å². The molecular formula is C21H26N4O4S. The first-order valence-corrected chi connectivity index (χ1v) is 11.3.